The SMILES string of the molecule is COc1ccc2cc(O)cc(C)c2n1. The number of hydrogen-bond acceptors (Lipinski definition) is 3. The first-order valence-corrected chi connectivity index (χ1v) is 4.35. The van der Waals surface area contributed by atoms with Crippen LogP contribution in [0, 0.1) is 6.92 Å². The van der Waals surface area contributed by atoms with E-state index in [4.69, 9.17) is 4.74 Å². The van der Waals surface area contributed by atoms with Gasteiger partial charge in [0, 0.05) is 11.5 Å². The smallest absolute Gasteiger partial charge is 0.213 e. The Balaban J connectivity index is 2.75. The summed E-state index contributed by atoms with van der Waals surface area (Å²) in [6, 6.07) is 7.04. The summed E-state index contributed by atoms with van der Waals surface area (Å²) in [5, 5.41) is 10.3. The highest BCUT2D eigenvalue weighted by molar-refractivity contribution is 5.83. The van der Waals surface area contributed by atoms with E-state index < -0.39 is 0 Å². The Morgan fingerprint density at radius 2 is 2.07 bits per heavy atom. The Morgan fingerprint density at radius 1 is 1.29 bits per heavy atom. The number of phenols is 1. The van der Waals surface area contributed by atoms with Crippen LogP contribution >= 0.6 is 0 Å². The van der Waals surface area contributed by atoms with Crippen molar-refractivity contribution in [1.29, 1.82) is 0 Å². The van der Waals surface area contributed by atoms with Crippen molar-refractivity contribution < 1.29 is 9.84 Å². The van der Waals surface area contributed by atoms with Crippen molar-refractivity contribution in [3.8, 4) is 11.6 Å². The molecule has 0 unspecified atom stereocenters. The fourth-order valence-electron chi connectivity index (χ4n) is 1.49. The third kappa shape index (κ3) is 1.37. The summed E-state index contributed by atoms with van der Waals surface area (Å²) in [6.45, 7) is 1.91. The number of fused-ring (bicyclic) bond motifs is 1. The van der Waals surface area contributed by atoms with E-state index in [2.05, 4.69) is 4.98 Å². The minimum absolute atomic E-state index is 0.266. The van der Waals surface area contributed by atoms with Crippen molar-refractivity contribution in [1.82, 2.24) is 4.98 Å². The van der Waals surface area contributed by atoms with Crippen molar-refractivity contribution in [2.75, 3.05) is 7.11 Å². The summed E-state index contributed by atoms with van der Waals surface area (Å²) in [5.41, 5.74) is 1.81. The predicted molar refractivity (Wildman–Crippen MR) is 54.7 cm³/mol. The number of aromatic hydroxyl groups is 1. The Kier molecular flexibility index (Phi) is 2.00. The van der Waals surface area contributed by atoms with Crippen molar-refractivity contribution >= 4 is 10.9 Å². The molecule has 0 fully saturated rings. The number of benzene rings is 1. The molecule has 0 amide bonds. The van der Waals surface area contributed by atoms with Crippen molar-refractivity contribution in [2.45, 2.75) is 6.92 Å². The zero-order chi connectivity index (χ0) is 10.1. The molecule has 2 aromatic rings. The van der Waals surface area contributed by atoms with E-state index in [-0.39, 0.29) is 5.75 Å². The lowest BCUT2D eigenvalue weighted by Gasteiger charge is -2.04. The van der Waals surface area contributed by atoms with Gasteiger partial charge in [-0.1, -0.05) is 0 Å². The Labute approximate surface area is 82.0 Å². The lowest BCUT2D eigenvalue weighted by molar-refractivity contribution is 0.399. The molecule has 1 aromatic heterocycles. The molecule has 1 heterocycles. The van der Waals surface area contributed by atoms with E-state index in [9.17, 15) is 5.11 Å². The summed E-state index contributed by atoms with van der Waals surface area (Å²) in [6.07, 6.45) is 0. The molecule has 1 aromatic carbocycles. The summed E-state index contributed by atoms with van der Waals surface area (Å²) < 4.78 is 5.03. The summed E-state index contributed by atoms with van der Waals surface area (Å²) in [4.78, 5) is 4.30. The Morgan fingerprint density at radius 3 is 2.79 bits per heavy atom. The first-order valence-electron chi connectivity index (χ1n) is 4.35. The molecule has 0 spiro atoms. The van der Waals surface area contributed by atoms with E-state index in [1.807, 2.05) is 13.0 Å². The third-order valence-corrected chi connectivity index (χ3v) is 2.15. The molecule has 0 bridgehead atoms. The van der Waals surface area contributed by atoms with E-state index in [1.54, 1.807) is 25.3 Å². The van der Waals surface area contributed by atoms with Crippen LogP contribution in [0.15, 0.2) is 24.3 Å². The number of aryl methyl sites for hydroxylation is 1. The molecular formula is C11H11NO2. The van der Waals surface area contributed by atoms with Gasteiger partial charge in [-0.15, -0.1) is 0 Å². The first kappa shape index (κ1) is 8.81. The van der Waals surface area contributed by atoms with E-state index in [0.29, 0.717) is 5.88 Å². The molecule has 0 aliphatic rings. The average Bonchev–Trinajstić information content (AvgIpc) is 2.17. The Bertz CT molecular complexity index is 480. The number of rotatable bonds is 1. The van der Waals surface area contributed by atoms with Gasteiger partial charge < -0.3 is 9.84 Å². The predicted octanol–water partition coefficient (Wildman–Crippen LogP) is 2.26. The largest absolute Gasteiger partial charge is 0.508 e. The van der Waals surface area contributed by atoms with Crippen LogP contribution in [0.3, 0.4) is 0 Å². The van der Waals surface area contributed by atoms with Crippen molar-refractivity contribution in [3.05, 3.63) is 29.8 Å². The van der Waals surface area contributed by atoms with Crippen molar-refractivity contribution in [2.24, 2.45) is 0 Å². The average molecular weight is 189 g/mol. The lowest BCUT2D eigenvalue weighted by atomic mass is 10.1. The fraction of sp³-hybridized carbons (Fsp3) is 0.182. The van der Waals surface area contributed by atoms with Crippen molar-refractivity contribution in [3.63, 3.8) is 0 Å². The molecule has 14 heavy (non-hydrogen) atoms. The molecule has 0 aliphatic carbocycles. The maximum absolute atomic E-state index is 9.38. The summed E-state index contributed by atoms with van der Waals surface area (Å²) in [5.74, 6) is 0.855. The highest BCUT2D eigenvalue weighted by Crippen LogP contribution is 2.24. The van der Waals surface area contributed by atoms with Gasteiger partial charge in [0.1, 0.15) is 5.75 Å². The van der Waals surface area contributed by atoms with Crippen LogP contribution in [-0.4, -0.2) is 17.2 Å². The van der Waals surface area contributed by atoms with Crippen LogP contribution in [0.4, 0.5) is 0 Å². The second-order valence-electron chi connectivity index (χ2n) is 3.19. The zero-order valence-corrected chi connectivity index (χ0v) is 8.11. The van der Waals surface area contributed by atoms with Crippen LogP contribution in [0.1, 0.15) is 5.56 Å². The van der Waals surface area contributed by atoms with Gasteiger partial charge in [-0.3, -0.25) is 0 Å². The standard InChI is InChI=1S/C11H11NO2/c1-7-5-9(13)6-8-3-4-10(14-2)12-11(7)8/h3-6,13H,1-2H3. The molecule has 0 aliphatic heterocycles. The molecule has 2 rings (SSSR count). The van der Waals surface area contributed by atoms with Gasteiger partial charge in [0.05, 0.1) is 12.6 Å². The molecule has 3 nitrogen and oxygen atoms in total. The van der Waals surface area contributed by atoms with Gasteiger partial charge in [-0.25, -0.2) is 4.98 Å². The number of methoxy groups -OCH3 is 1. The number of hydrogen-bond donors (Lipinski definition) is 1. The van der Waals surface area contributed by atoms with Crippen LogP contribution < -0.4 is 4.74 Å². The number of nitrogens with zero attached hydrogens (tertiary/aromatic N) is 1. The number of ether oxygens (including phenoxy) is 1. The van der Waals surface area contributed by atoms with Crippen LogP contribution in [0.2, 0.25) is 0 Å². The summed E-state index contributed by atoms with van der Waals surface area (Å²) in [7, 11) is 1.59. The maximum Gasteiger partial charge on any atom is 0.213 e. The van der Waals surface area contributed by atoms with Crippen LogP contribution in [-0.2, 0) is 0 Å². The third-order valence-electron chi connectivity index (χ3n) is 2.15. The Hall–Kier alpha value is -1.77. The van der Waals surface area contributed by atoms with Gasteiger partial charge in [0.2, 0.25) is 5.88 Å². The number of phenolic OH excluding ortho intramolecular Hbond substituents is 1. The second kappa shape index (κ2) is 3.18. The molecule has 0 radical (unpaired) electrons. The molecule has 0 saturated heterocycles. The second-order valence-corrected chi connectivity index (χ2v) is 3.19. The van der Waals surface area contributed by atoms with E-state index in [1.165, 1.54) is 0 Å². The topological polar surface area (TPSA) is 42.4 Å². The minimum Gasteiger partial charge on any atom is -0.508 e. The van der Waals surface area contributed by atoms with Gasteiger partial charge in [-0.2, -0.15) is 0 Å². The van der Waals surface area contributed by atoms with E-state index in [0.717, 1.165) is 16.5 Å². The van der Waals surface area contributed by atoms with Crippen LogP contribution in [0.5, 0.6) is 11.6 Å². The molecule has 1 N–H and O–H groups in total. The molecule has 0 saturated carbocycles. The highest BCUT2D eigenvalue weighted by Gasteiger charge is 2.02. The summed E-state index contributed by atoms with van der Waals surface area (Å²) >= 11 is 0. The minimum atomic E-state index is 0.266. The molecular weight excluding hydrogens is 178 g/mol. The van der Waals surface area contributed by atoms with Crippen LogP contribution in [0.25, 0.3) is 10.9 Å². The number of aromatic nitrogens is 1. The van der Waals surface area contributed by atoms with E-state index >= 15 is 0 Å². The number of pyridine rings is 1. The molecule has 72 valence electrons. The monoisotopic (exact) mass is 189 g/mol. The van der Waals surface area contributed by atoms with Gasteiger partial charge in [-0.05, 0) is 30.7 Å². The highest BCUT2D eigenvalue weighted by atomic mass is 16.5. The van der Waals surface area contributed by atoms with Gasteiger partial charge in [0.15, 0.2) is 0 Å². The zero-order valence-electron chi connectivity index (χ0n) is 8.11. The maximum atomic E-state index is 9.38. The fourth-order valence-corrected chi connectivity index (χ4v) is 1.49. The molecule has 3 heteroatoms. The van der Waals surface area contributed by atoms with Gasteiger partial charge in [0.25, 0.3) is 0 Å². The quantitative estimate of drug-likeness (QED) is 0.748. The first-order chi connectivity index (χ1) is 6.70. The lowest BCUT2D eigenvalue weighted by Crippen LogP contribution is -1.89. The molecule has 0 atom stereocenters. The normalized spacial score (nSPS) is 10.4. The van der Waals surface area contributed by atoms with Gasteiger partial charge >= 0.3 is 0 Å².